The van der Waals surface area contributed by atoms with Crippen molar-refractivity contribution in [2.75, 3.05) is 13.7 Å². The van der Waals surface area contributed by atoms with E-state index in [1.54, 1.807) is 48.5 Å². The molecule has 0 bridgehead atoms. The molecule has 5 nitrogen and oxygen atoms in total. The summed E-state index contributed by atoms with van der Waals surface area (Å²) in [5.74, 6) is -1.04. The fraction of sp³-hybridized carbons (Fsp3) is 0.167. The van der Waals surface area contributed by atoms with Crippen LogP contribution in [0.2, 0.25) is 0 Å². The molecule has 26 heavy (non-hydrogen) atoms. The highest BCUT2D eigenvalue weighted by Crippen LogP contribution is 2.30. The fourth-order valence-corrected chi connectivity index (χ4v) is 3.10. The van der Waals surface area contributed by atoms with Crippen LogP contribution in [0.3, 0.4) is 0 Å². The standard InChI is InChI=1S/C18H14F2O5S/c1-24-26(22,23)18(19,20)11-25-17(21)16-14-8-4-2-6-12(14)10-13-7-3-5-9-15(13)16/h2-10H,11H2,1H3. The van der Waals surface area contributed by atoms with E-state index < -0.39 is 27.9 Å². The summed E-state index contributed by atoms with van der Waals surface area (Å²) in [6.45, 7) is -1.64. The Hall–Kier alpha value is -2.58. The van der Waals surface area contributed by atoms with Crippen molar-refractivity contribution in [3.63, 3.8) is 0 Å². The Morgan fingerprint density at radius 1 is 1.00 bits per heavy atom. The normalized spacial score (nSPS) is 12.4. The van der Waals surface area contributed by atoms with E-state index in [-0.39, 0.29) is 5.56 Å². The van der Waals surface area contributed by atoms with Crippen LogP contribution >= 0.6 is 0 Å². The minimum atomic E-state index is -5.17. The molecule has 0 aliphatic carbocycles. The summed E-state index contributed by atoms with van der Waals surface area (Å²) in [6.07, 6.45) is 0. The first-order valence-corrected chi connectivity index (χ1v) is 8.93. The van der Waals surface area contributed by atoms with Gasteiger partial charge < -0.3 is 4.74 Å². The maximum absolute atomic E-state index is 13.7. The lowest BCUT2D eigenvalue weighted by Gasteiger charge is -2.16. The third-order valence-electron chi connectivity index (χ3n) is 3.93. The van der Waals surface area contributed by atoms with Crippen molar-refractivity contribution in [3.05, 3.63) is 60.2 Å². The average Bonchev–Trinajstić information content (AvgIpc) is 2.64. The van der Waals surface area contributed by atoms with Crippen molar-refractivity contribution in [1.82, 2.24) is 0 Å². The van der Waals surface area contributed by atoms with E-state index >= 15 is 0 Å². The van der Waals surface area contributed by atoms with E-state index in [0.717, 1.165) is 10.8 Å². The number of carbonyl (C=O) groups excluding carboxylic acids is 1. The van der Waals surface area contributed by atoms with Crippen LogP contribution in [-0.2, 0) is 19.0 Å². The van der Waals surface area contributed by atoms with Gasteiger partial charge in [-0.3, -0.25) is 4.18 Å². The van der Waals surface area contributed by atoms with Gasteiger partial charge in [0.2, 0.25) is 0 Å². The molecule has 0 saturated carbocycles. The number of alkyl halides is 2. The van der Waals surface area contributed by atoms with Gasteiger partial charge in [-0.15, -0.1) is 0 Å². The molecule has 0 aromatic heterocycles. The average molecular weight is 380 g/mol. The van der Waals surface area contributed by atoms with Crippen LogP contribution in [-0.4, -0.2) is 33.4 Å². The molecule has 3 rings (SSSR count). The van der Waals surface area contributed by atoms with E-state index in [4.69, 9.17) is 0 Å². The van der Waals surface area contributed by atoms with Gasteiger partial charge in [0.1, 0.15) is 0 Å². The Kier molecular flexibility index (Phi) is 4.64. The molecule has 0 spiro atoms. The van der Waals surface area contributed by atoms with Gasteiger partial charge in [-0.05, 0) is 27.6 Å². The van der Waals surface area contributed by atoms with Gasteiger partial charge in [0, 0.05) is 0 Å². The summed E-state index contributed by atoms with van der Waals surface area (Å²) in [5.41, 5.74) is 0.101. The number of benzene rings is 3. The second kappa shape index (κ2) is 6.62. The first-order valence-electron chi connectivity index (χ1n) is 7.52. The molecule has 3 aromatic rings. The van der Waals surface area contributed by atoms with Crippen molar-refractivity contribution in [2.24, 2.45) is 0 Å². The van der Waals surface area contributed by atoms with Crippen molar-refractivity contribution in [1.29, 1.82) is 0 Å². The quantitative estimate of drug-likeness (QED) is 0.383. The molecule has 0 aliphatic heterocycles. The fourth-order valence-electron chi connectivity index (χ4n) is 2.65. The van der Waals surface area contributed by atoms with E-state index in [1.807, 2.05) is 6.07 Å². The van der Waals surface area contributed by atoms with Crippen LogP contribution in [0.5, 0.6) is 0 Å². The van der Waals surface area contributed by atoms with Crippen LogP contribution in [0.4, 0.5) is 8.78 Å². The molecule has 0 N–H and O–H groups in total. The smallest absolute Gasteiger partial charge is 0.403 e. The molecular weight excluding hydrogens is 366 g/mol. The number of esters is 1. The first-order chi connectivity index (χ1) is 12.3. The Bertz CT molecular complexity index is 1040. The summed E-state index contributed by atoms with van der Waals surface area (Å²) >= 11 is 0. The van der Waals surface area contributed by atoms with Crippen LogP contribution in [0, 0.1) is 0 Å². The Balaban J connectivity index is 2.05. The summed E-state index contributed by atoms with van der Waals surface area (Å²) in [4.78, 5) is 12.5. The molecular formula is C18H14F2O5S. The lowest BCUT2D eigenvalue weighted by molar-refractivity contribution is -0.0104. The largest absolute Gasteiger partial charge is 0.454 e. The summed E-state index contributed by atoms with van der Waals surface area (Å²) < 4.78 is 58.4. The van der Waals surface area contributed by atoms with Crippen molar-refractivity contribution in [3.8, 4) is 0 Å². The molecule has 0 fully saturated rings. The molecule has 8 heteroatoms. The minimum Gasteiger partial charge on any atom is -0.454 e. The number of ether oxygens (including phenoxy) is 1. The van der Waals surface area contributed by atoms with Gasteiger partial charge in [0.15, 0.2) is 6.61 Å². The molecule has 0 heterocycles. The van der Waals surface area contributed by atoms with Gasteiger partial charge in [0.05, 0.1) is 12.7 Å². The van der Waals surface area contributed by atoms with Crippen LogP contribution < -0.4 is 0 Å². The predicted molar refractivity (Wildman–Crippen MR) is 92.6 cm³/mol. The zero-order valence-electron chi connectivity index (χ0n) is 13.6. The van der Waals surface area contributed by atoms with Gasteiger partial charge in [-0.2, -0.15) is 17.2 Å². The SMILES string of the molecule is COS(=O)(=O)C(F)(F)COC(=O)c1c2ccccc2cc2ccccc12. The third-order valence-corrected chi connectivity index (χ3v) is 5.22. The Labute approximate surface area is 148 Å². The third kappa shape index (κ3) is 3.13. The summed E-state index contributed by atoms with van der Waals surface area (Å²) in [5, 5.41) is -1.84. The van der Waals surface area contributed by atoms with E-state index in [2.05, 4.69) is 8.92 Å². The van der Waals surface area contributed by atoms with Crippen molar-refractivity contribution >= 4 is 37.6 Å². The summed E-state index contributed by atoms with van der Waals surface area (Å²) in [6, 6.07) is 15.7. The van der Waals surface area contributed by atoms with Crippen LogP contribution in [0.25, 0.3) is 21.5 Å². The lowest BCUT2D eigenvalue weighted by Crippen LogP contribution is -2.35. The Morgan fingerprint density at radius 3 is 2.00 bits per heavy atom. The highest BCUT2D eigenvalue weighted by atomic mass is 32.2. The zero-order valence-corrected chi connectivity index (χ0v) is 14.4. The number of carbonyl (C=O) groups is 1. The molecule has 0 radical (unpaired) electrons. The van der Waals surface area contributed by atoms with Crippen LogP contribution in [0.1, 0.15) is 10.4 Å². The van der Waals surface area contributed by atoms with E-state index in [1.165, 1.54) is 0 Å². The van der Waals surface area contributed by atoms with Gasteiger partial charge in [-0.1, -0.05) is 48.5 Å². The molecule has 0 saturated heterocycles. The lowest BCUT2D eigenvalue weighted by atomic mass is 9.97. The van der Waals surface area contributed by atoms with Gasteiger partial charge >= 0.3 is 21.3 Å². The summed E-state index contributed by atoms with van der Waals surface area (Å²) in [7, 11) is -4.56. The number of fused-ring (bicyclic) bond motifs is 2. The second-order valence-electron chi connectivity index (χ2n) is 5.53. The molecule has 0 aliphatic rings. The zero-order chi connectivity index (χ0) is 18.9. The van der Waals surface area contributed by atoms with Gasteiger partial charge in [-0.25, -0.2) is 4.79 Å². The number of hydrogen-bond donors (Lipinski definition) is 0. The molecule has 0 amide bonds. The van der Waals surface area contributed by atoms with Crippen molar-refractivity contribution < 1.29 is 30.9 Å². The monoisotopic (exact) mass is 380 g/mol. The predicted octanol–water partition coefficient (Wildman–Crippen LogP) is 3.72. The number of halogens is 2. The highest BCUT2D eigenvalue weighted by Gasteiger charge is 2.47. The van der Waals surface area contributed by atoms with E-state index in [0.29, 0.717) is 17.9 Å². The number of rotatable bonds is 5. The van der Waals surface area contributed by atoms with Gasteiger partial charge in [0.25, 0.3) is 0 Å². The molecule has 0 atom stereocenters. The first kappa shape index (κ1) is 18.2. The Morgan fingerprint density at radius 2 is 1.50 bits per heavy atom. The highest BCUT2D eigenvalue weighted by molar-refractivity contribution is 7.87. The number of hydrogen-bond acceptors (Lipinski definition) is 5. The topological polar surface area (TPSA) is 69.7 Å². The minimum absolute atomic E-state index is 0.101. The van der Waals surface area contributed by atoms with Crippen molar-refractivity contribution in [2.45, 2.75) is 5.25 Å². The second-order valence-corrected chi connectivity index (χ2v) is 7.37. The molecule has 136 valence electrons. The van der Waals surface area contributed by atoms with Crippen LogP contribution in [0.15, 0.2) is 54.6 Å². The maximum atomic E-state index is 13.7. The maximum Gasteiger partial charge on any atom is 0.403 e. The van der Waals surface area contributed by atoms with E-state index in [9.17, 15) is 22.0 Å². The molecule has 0 unspecified atom stereocenters. The molecule has 3 aromatic carbocycles.